The number of carbonyl (C=O) groups excluding carboxylic acids is 1. The summed E-state index contributed by atoms with van der Waals surface area (Å²) in [5.74, 6) is 0.0642. The van der Waals surface area contributed by atoms with E-state index < -0.39 is 0 Å². The highest BCUT2D eigenvalue weighted by molar-refractivity contribution is 6.33. The summed E-state index contributed by atoms with van der Waals surface area (Å²) in [4.78, 5) is 13.6. The van der Waals surface area contributed by atoms with Gasteiger partial charge in [-0.25, -0.2) is 0 Å². The second kappa shape index (κ2) is 5.54. The van der Waals surface area contributed by atoms with Gasteiger partial charge in [0.1, 0.15) is 0 Å². The monoisotopic (exact) mass is 251 g/mol. The predicted octanol–water partition coefficient (Wildman–Crippen LogP) is 3.92. The fraction of sp³-hybridized carbons (Fsp3) is 0.500. The molecule has 2 nitrogen and oxygen atoms in total. The van der Waals surface area contributed by atoms with E-state index in [4.69, 9.17) is 11.6 Å². The molecule has 3 heteroatoms. The van der Waals surface area contributed by atoms with Crippen LogP contribution in [-0.4, -0.2) is 18.9 Å². The molecular weight excluding hydrogens is 234 g/mol. The largest absolute Gasteiger partial charge is 0.370 e. The SMILES string of the molecule is CC(=O)c1ccc(N2CCCCCC2)c(Cl)c1. The van der Waals surface area contributed by atoms with E-state index in [1.165, 1.54) is 25.7 Å². The molecule has 0 amide bonds. The van der Waals surface area contributed by atoms with E-state index in [0.717, 1.165) is 18.8 Å². The molecule has 0 atom stereocenters. The van der Waals surface area contributed by atoms with Gasteiger partial charge in [0.2, 0.25) is 0 Å². The van der Waals surface area contributed by atoms with Crippen LogP contribution >= 0.6 is 11.6 Å². The topological polar surface area (TPSA) is 20.3 Å². The van der Waals surface area contributed by atoms with Crippen LogP contribution in [0.25, 0.3) is 0 Å². The van der Waals surface area contributed by atoms with Crippen molar-refractivity contribution >= 4 is 23.1 Å². The van der Waals surface area contributed by atoms with E-state index in [0.29, 0.717) is 10.6 Å². The van der Waals surface area contributed by atoms with Crippen molar-refractivity contribution in [1.29, 1.82) is 0 Å². The average Bonchev–Trinajstić information content (AvgIpc) is 2.57. The Labute approximate surface area is 108 Å². The fourth-order valence-electron chi connectivity index (χ4n) is 2.29. The van der Waals surface area contributed by atoms with Gasteiger partial charge in [0.15, 0.2) is 5.78 Å². The van der Waals surface area contributed by atoms with Crippen molar-refractivity contribution in [1.82, 2.24) is 0 Å². The minimum atomic E-state index is 0.0642. The minimum absolute atomic E-state index is 0.0642. The first kappa shape index (κ1) is 12.4. The molecular formula is C14H18ClNO. The molecule has 1 aromatic carbocycles. The van der Waals surface area contributed by atoms with Gasteiger partial charge < -0.3 is 4.90 Å². The molecule has 0 radical (unpaired) electrons. The van der Waals surface area contributed by atoms with Gasteiger partial charge >= 0.3 is 0 Å². The predicted molar refractivity (Wildman–Crippen MR) is 72.1 cm³/mol. The van der Waals surface area contributed by atoms with Crippen molar-refractivity contribution in [3.05, 3.63) is 28.8 Å². The molecule has 1 heterocycles. The molecule has 2 rings (SSSR count). The third kappa shape index (κ3) is 3.01. The second-order valence-corrected chi connectivity index (χ2v) is 5.03. The van der Waals surface area contributed by atoms with Crippen LogP contribution in [0, 0.1) is 0 Å². The van der Waals surface area contributed by atoms with Crippen molar-refractivity contribution in [2.75, 3.05) is 18.0 Å². The molecule has 0 saturated carbocycles. The van der Waals surface area contributed by atoms with Crippen LogP contribution in [0.2, 0.25) is 5.02 Å². The van der Waals surface area contributed by atoms with E-state index in [-0.39, 0.29) is 5.78 Å². The molecule has 1 aliphatic heterocycles. The Balaban J connectivity index is 2.22. The molecule has 92 valence electrons. The van der Waals surface area contributed by atoms with Gasteiger partial charge in [0.25, 0.3) is 0 Å². The van der Waals surface area contributed by atoms with Gasteiger partial charge in [0.05, 0.1) is 10.7 Å². The summed E-state index contributed by atoms with van der Waals surface area (Å²) in [5.41, 5.74) is 1.76. The highest BCUT2D eigenvalue weighted by atomic mass is 35.5. The van der Waals surface area contributed by atoms with Gasteiger partial charge in [-0.05, 0) is 38.0 Å². The van der Waals surface area contributed by atoms with Crippen LogP contribution in [0.5, 0.6) is 0 Å². The van der Waals surface area contributed by atoms with Crippen LogP contribution in [0.3, 0.4) is 0 Å². The molecule has 1 aliphatic rings. The van der Waals surface area contributed by atoms with Crippen molar-refractivity contribution in [3.8, 4) is 0 Å². The third-order valence-corrected chi connectivity index (χ3v) is 3.60. The molecule has 0 bridgehead atoms. The maximum atomic E-state index is 11.3. The first-order chi connectivity index (χ1) is 8.18. The van der Waals surface area contributed by atoms with Gasteiger partial charge in [-0.15, -0.1) is 0 Å². The number of carbonyl (C=O) groups is 1. The van der Waals surface area contributed by atoms with E-state index >= 15 is 0 Å². The number of nitrogens with zero attached hydrogens (tertiary/aromatic N) is 1. The fourth-order valence-corrected chi connectivity index (χ4v) is 2.59. The number of benzene rings is 1. The summed E-state index contributed by atoms with van der Waals surface area (Å²) in [5, 5.41) is 0.694. The van der Waals surface area contributed by atoms with Gasteiger partial charge in [-0.2, -0.15) is 0 Å². The zero-order valence-corrected chi connectivity index (χ0v) is 11.0. The Kier molecular flexibility index (Phi) is 4.06. The van der Waals surface area contributed by atoms with Crippen LogP contribution in [-0.2, 0) is 0 Å². The Morgan fingerprint density at radius 3 is 2.35 bits per heavy atom. The molecule has 0 aliphatic carbocycles. The van der Waals surface area contributed by atoms with Gasteiger partial charge in [-0.3, -0.25) is 4.79 Å². The zero-order valence-electron chi connectivity index (χ0n) is 10.2. The van der Waals surface area contributed by atoms with Crippen molar-refractivity contribution in [2.24, 2.45) is 0 Å². The molecule has 17 heavy (non-hydrogen) atoms. The third-order valence-electron chi connectivity index (χ3n) is 3.30. The lowest BCUT2D eigenvalue weighted by molar-refractivity contribution is 0.101. The smallest absolute Gasteiger partial charge is 0.159 e. The number of Topliss-reactive ketones (excluding diaryl/α,β-unsaturated/α-hetero) is 1. The summed E-state index contributed by atoms with van der Waals surface area (Å²) >= 11 is 6.27. The van der Waals surface area contributed by atoms with Crippen molar-refractivity contribution in [3.63, 3.8) is 0 Å². The van der Waals surface area contributed by atoms with Crippen LogP contribution < -0.4 is 4.90 Å². The zero-order chi connectivity index (χ0) is 12.3. The maximum absolute atomic E-state index is 11.3. The lowest BCUT2D eigenvalue weighted by Gasteiger charge is -2.24. The van der Waals surface area contributed by atoms with Gasteiger partial charge in [-0.1, -0.05) is 24.4 Å². The quantitative estimate of drug-likeness (QED) is 0.743. The Bertz CT molecular complexity index is 409. The number of anilines is 1. The molecule has 0 spiro atoms. The number of ketones is 1. The van der Waals surface area contributed by atoms with E-state index in [2.05, 4.69) is 4.90 Å². The van der Waals surface area contributed by atoms with Crippen LogP contribution in [0.15, 0.2) is 18.2 Å². The normalized spacial score (nSPS) is 16.7. The summed E-state index contributed by atoms with van der Waals surface area (Å²) < 4.78 is 0. The second-order valence-electron chi connectivity index (χ2n) is 4.62. The number of rotatable bonds is 2. The Morgan fingerprint density at radius 2 is 1.82 bits per heavy atom. The molecule has 1 fully saturated rings. The molecule has 1 aromatic rings. The lowest BCUT2D eigenvalue weighted by Crippen LogP contribution is -2.24. The summed E-state index contributed by atoms with van der Waals surface area (Å²) in [7, 11) is 0. The summed E-state index contributed by atoms with van der Waals surface area (Å²) in [6, 6.07) is 5.63. The van der Waals surface area contributed by atoms with E-state index in [1.54, 1.807) is 13.0 Å². The summed E-state index contributed by atoms with van der Waals surface area (Å²) in [6.07, 6.45) is 5.06. The Morgan fingerprint density at radius 1 is 1.18 bits per heavy atom. The van der Waals surface area contributed by atoms with E-state index in [9.17, 15) is 4.79 Å². The minimum Gasteiger partial charge on any atom is -0.370 e. The van der Waals surface area contributed by atoms with Gasteiger partial charge in [0, 0.05) is 18.7 Å². The van der Waals surface area contributed by atoms with Crippen LogP contribution in [0.1, 0.15) is 43.0 Å². The van der Waals surface area contributed by atoms with Crippen molar-refractivity contribution < 1.29 is 4.79 Å². The molecule has 0 unspecified atom stereocenters. The van der Waals surface area contributed by atoms with Crippen LogP contribution in [0.4, 0.5) is 5.69 Å². The molecule has 0 aromatic heterocycles. The lowest BCUT2D eigenvalue weighted by atomic mass is 10.1. The maximum Gasteiger partial charge on any atom is 0.159 e. The standard InChI is InChI=1S/C14H18ClNO/c1-11(17)12-6-7-14(13(15)10-12)16-8-4-2-3-5-9-16/h6-7,10H,2-5,8-9H2,1H3. The first-order valence-corrected chi connectivity index (χ1v) is 6.62. The highest BCUT2D eigenvalue weighted by Crippen LogP contribution is 2.29. The van der Waals surface area contributed by atoms with Crippen molar-refractivity contribution in [2.45, 2.75) is 32.6 Å². The van der Waals surface area contributed by atoms with E-state index in [1.807, 2.05) is 12.1 Å². The number of hydrogen-bond acceptors (Lipinski definition) is 2. The highest BCUT2D eigenvalue weighted by Gasteiger charge is 2.13. The first-order valence-electron chi connectivity index (χ1n) is 6.24. The Hall–Kier alpha value is -1.02. The summed E-state index contributed by atoms with van der Waals surface area (Å²) in [6.45, 7) is 3.70. The molecule has 1 saturated heterocycles. The number of hydrogen-bond donors (Lipinski definition) is 0. The average molecular weight is 252 g/mol. The number of halogens is 1. The molecule has 0 N–H and O–H groups in total.